The van der Waals surface area contributed by atoms with Gasteiger partial charge in [0, 0.05) is 18.7 Å². The second kappa shape index (κ2) is 10.3. The fraction of sp³-hybridized carbons (Fsp3) is 0.364. The molecule has 1 aliphatic heterocycles. The van der Waals surface area contributed by atoms with Gasteiger partial charge < -0.3 is 14.8 Å². The Bertz CT molecular complexity index is 1110. The fourth-order valence-electron chi connectivity index (χ4n) is 3.50. The number of sulfonamides is 1. The zero-order valence-corrected chi connectivity index (χ0v) is 19.5. The molecule has 0 radical (unpaired) electrons. The Kier molecular flexibility index (Phi) is 7.76. The summed E-state index contributed by atoms with van der Waals surface area (Å²) in [5.74, 6) is -0.993. The number of halogens is 1. The van der Waals surface area contributed by atoms with Gasteiger partial charge in [-0.3, -0.25) is 4.79 Å². The van der Waals surface area contributed by atoms with Gasteiger partial charge in [0.2, 0.25) is 10.0 Å². The molecule has 0 unspecified atom stereocenters. The Hall–Kier alpha value is -2.62. The van der Waals surface area contributed by atoms with Gasteiger partial charge in [-0.05, 0) is 49.2 Å². The summed E-state index contributed by atoms with van der Waals surface area (Å²) in [6.07, 6.45) is 3.54. The summed E-state index contributed by atoms with van der Waals surface area (Å²) in [5, 5.41) is 2.84. The van der Waals surface area contributed by atoms with Crippen molar-refractivity contribution in [1.29, 1.82) is 0 Å². The normalized spacial score (nSPS) is 15.0. The van der Waals surface area contributed by atoms with Gasteiger partial charge in [-0.15, -0.1) is 0 Å². The minimum absolute atomic E-state index is 0.0658. The first-order valence-corrected chi connectivity index (χ1v) is 12.0. The molecule has 1 saturated heterocycles. The summed E-state index contributed by atoms with van der Waals surface area (Å²) in [7, 11) is -1.21. The van der Waals surface area contributed by atoms with Crippen LogP contribution < -0.4 is 10.1 Å². The Labute approximate surface area is 192 Å². The molecule has 1 aliphatic rings. The summed E-state index contributed by atoms with van der Waals surface area (Å²) >= 11 is 6.15. The molecule has 0 saturated carbocycles. The Morgan fingerprint density at radius 1 is 0.969 bits per heavy atom. The van der Waals surface area contributed by atoms with Crippen LogP contribution in [0.15, 0.2) is 41.3 Å². The Morgan fingerprint density at radius 2 is 1.62 bits per heavy atom. The molecule has 0 bridgehead atoms. The van der Waals surface area contributed by atoms with E-state index in [-0.39, 0.29) is 32.5 Å². The SMILES string of the molecule is COC(=O)c1ccc(Cl)c(NC(=O)c2ccc(OC)c(S(=O)(=O)N3CCCCCC3)c2)c1. The third-order valence-corrected chi connectivity index (χ3v) is 7.49. The molecule has 0 atom stereocenters. The second-order valence-electron chi connectivity index (χ2n) is 7.32. The quantitative estimate of drug-likeness (QED) is 0.628. The topological polar surface area (TPSA) is 102 Å². The molecule has 32 heavy (non-hydrogen) atoms. The number of ether oxygens (including phenoxy) is 2. The maximum absolute atomic E-state index is 13.3. The third-order valence-electron chi connectivity index (χ3n) is 5.24. The summed E-state index contributed by atoms with van der Waals surface area (Å²) in [4.78, 5) is 24.6. The number of nitrogens with one attached hydrogen (secondary N) is 1. The van der Waals surface area contributed by atoms with E-state index < -0.39 is 21.9 Å². The van der Waals surface area contributed by atoms with Gasteiger partial charge in [-0.1, -0.05) is 24.4 Å². The number of hydrogen-bond donors (Lipinski definition) is 1. The van der Waals surface area contributed by atoms with Gasteiger partial charge in [0.15, 0.2) is 0 Å². The minimum Gasteiger partial charge on any atom is -0.495 e. The number of amides is 1. The number of esters is 1. The predicted molar refractivity (Wildman–Crippen MR) is 121 cm³/mol. The zero-order valence-electron chi connectivity index (χ0n) is 17.9. The number of benzene rings is 2. The van der Waals surface area contributed by atoms with Gasteiger partial charge in [0.1, 0.15) is 10.6 Å². The van der Waals surface area contributed by atoms with Crippen LogP contribution in [0.5, 0.6) is 5.75 Å². The van der Waals surface area contributed by atoms with Crippen LogP contribution >= 0.6 is 11.6 Å². The molecule has 0 aromatic heterocycles. The largest absolute Gasteiger partial charge is 0.495 e. The monoisotopic (exact) mass is 480 g/mol. The molecule has 2 aromatic carbocycles. The molecule has 1 heterocycles. The van der Waals surface area contributed by atoms with Crippen molar-refractivity contribution < 1.29 is 27.5 Å². The van der Waals surface area contributed by atoms with Crippen molar-refractivity contribution in [3.63, 3.8) is 0 Å². The lowest BCUT2D eigenvalue weighted by atomic mass is 10.1. The second-order valence-corrected chi connectivity index (χ2v) is 9.64. The lowest BCUT2D eigenvalue weighted by Gasteiger charge is -2.21. The maximum Gasteiger partial charge on any atom is 0.337 e. The van der Waals surface area contributed by atoms with Crippen LogP contribution in [0.25, 0.3) is 0 Å². The number of carbonyl (C=O) groups excluding carboxylic acids is 2. The van der Waals surface area contributed by atoms with E-state index in [1.807, 2.05) is 0 Å². The zero-order chi connectivity index (χ0) is 23.3. The molecule has 2 aromatic rings. The van der Waals surface area contributed by atoms with Crippen molar-refractivity contribution in [2.24, 2.45) is 0 Å². The smallest absolute Gasteiger partial charge is 0.337 e. The van der Waals surface area contributed by atoms with E-state index in [4.69, 9.17) is 16.3 Å². The van der Waals surface area contributed by atoms with Crippen molar-refractivity contribution in [3.8, 4) is 5.75 Å². The molecular weight excluding hydrogens is 456 g/mol. The molecule has 1 N–H and O–H groups in total. The van der Waals surface area contributed by atoms with Crippen LogP contribution in [-0.4, -0.2) is 51.9 Å². The van der Waals surface area contributed by atoms with Crippen molar-refractivity contribution in [3.05, 3.63) is 52.5 Å². The summed E-state index contributed by atoms with van der Waals surface area (Å²) in [6, 6.07) is 8.55. The molecule has 0 spiro atoms. The number of carbonyl (C=O) groups is 2. The predicted octanol–water partition coefficient (Wildman–Crippen LogP) is 3.95. The third kappa shape index (κ3) is 5.23. The van der Waals surface area contributed by atoms with Gasteiger partial charge in [0.05, 0.1) is 30.5 Å². The van der Waals surface area contributed by atoms with Crippen molar-refractivity contribution in [2.75, 3.05) is 32.6 Å². The molecular formula is C22H25ClN2O6S. The van der Waals surface area contributed by atoms with Gasteiger partial charge >= 0.3 is 5.97 Å². The molecule has 3 rings (SSSR count). The van der Waals surface area contributed by atoms with Gasteiger partial charge in [0.25, 0.3) is 5.91 Å². The van der Waals surface area contributed by atoms with E-state index in [0.29, 0.717) is 13.1 Å². The molecule has 1 amide bonds. The molecule has 0 aliphatic carbocycles. The van der Waals surface area contributed by atoms with E-state index >= 15 is 0 Å². The average Bonchev–Trinajstić information content (AvgIpc) is 3.09. The van der Waals surface area contributed by atoms with E-state index in [2.05, 4.69) is 10.1 Å². The first kappa shape index (κ1) is 24.0. The van der Waals surface area contributed by atoms with E-state index in [1.54, 1.807) is 0 Å². The fourth-order valence-corrected chi connectivity index (χ4v) is 5.36. The highest BCUT2D eigenvalue weighted by Gasteiger charge is 2.29. The molecule has 172 valence electrons. The highest BCUT2D eigenvalue weighted by atomic mass is 35.5. The number of anilines is 1. The highest BCUT2D eigenvalue weighted by Crippen LogP contribution is 2.30. The number of hydrogen-bond acceptors (Lipinski definition) is 6. The van der Waals surface area contributed by atoms with Gasteiger partial charge in [-0.25, -0.2) is 13.2 Å². The Balaban J connectivity index is 1.93. The van der Waals surface area contributed by atoms with E-state index in [1.165, 1.54) is 54.9 Å². The number of nitrogens with zero attached hydrogens (tertiary/aromatic N) is 1. The van der Waals surface area contributed by atoms with Crippen LogP contribution in [0.4, 0.5) is 5.69 Å². The summed E-state index contributed by atoms with van der Waals surface area (Å²) < 4.78 is 38.0. The van der Waals surface area contributed by atoms with Crippen LogP contribution in [0.3, 0.4) is 0 Å². The summed E-state index contributed by atoms with van der Waals surface area (Å²) in [6.45, 7) is 0.857. The summed E-state index contributed by atoms with van der Waals surface area (Å²) in [5.41, 5.74) is 0.525. The number of methoxy groups -OCH3 is 2. The van der Waals surface area contributed by atoms with Crippen molar-refractivity contribution >= 4 is 39.2 Å². The molecule has 10 heteroatoms. The average molecular weight is 481 g/mol. The lowest BCUT2D eigenvalue weighted by molar-refractivity contribution is 0.0600. The lowest BCUT2D eigenvalue weighted by Crippen LogP contribution is -2.32. The molecule has 1 fully saturated rings. The minimum atomic E-state index is -3.85. The van der Waals surface area contributed by atoms with Crippen molar-refractivity contribution in [1.82, 2.24) is 4.31 Å². The standard InChI is InChI=1S/C22H25ClN2O6S/c1-30-19-10-8-15(14-20(19)32(28,29)25-11-5-3-4-6-12-25)21(26)24-18-13-16(22(27)31-2)7-9-17(18)23/h7-10,13-14H,3-6,11-12H2,1-2H3,(H,24,26). The first-order valence-electron chi connectivity index (χ1n) is 10.2. The van der Waals surface area contributed by atoms with Crippen LogP contribution in [0, 0.1) is 0 Å². The Morgan fingerprint density at radius 3 is 2.25 bits per heavy atom. The van der Waals surface area contributed by atoms with Crippen molar-refractivity contribution in [2.45, 2.75) is 30.6 Å². The van der Waals surface area contributed by atoms with Gasteiger partial charge in [-0.2, -0.15) is 4.31 Å². The molecule has 8 nitrogen and oxygen atoms in total. The first-order chi connectivity index (χ1) is 15.3. The van der Waals surface area contributed by atoms with E-state index in [0.717, 1.165) is 25.7 Å². The number of rotatable bonds is 6. The van der Waals surface area contributed by atoms with Crippen LogP contribution in [0.2, 0.25) is 5.02 Å². The van der Waals surface area contributed by atoms with Crippen LogP contribution in [0.1, 0.15) is 46.4 Å². The van der Waals surface area contributed by atoms with E-state index in [9.17, 15) is 18.0 Å². The van der Waals surface area contributed by atoms with Crippen LogP contribution in [-0.2, 0) is 14.8 Å². The highest BCUT2D eigenvalue weighted by molar-refractivity contribution is 7.89. The maximum atomic E-state index is 13.3.